The first-order chi connectivity index (χ1) is 8.24. The minimum Gasteiger partial charge on any atom is -0.342 e. The Balaban J connectivity index is 2.08. The van der Waals surface area contributed by atoms with Crippen LogP contribution in [0.4, 0.5) is 0 Å². The molecule has 17 heavy (non-hydrogen) atoms. The molecule has 1 atom stereocenters. The maximum atomic E-state index is 11.2. The number of nitrogens with one attached hydrogen (secondary N) is 2. The topological polar surface area (TPSA) is 68.2 Å². The van der Waals surface area contributed by atoms with E-state index >= 15 is 0 Å². The van der Waals surface area contributed by atoms with Crippen molar-refractivity contribution in [3.63, 3.8) is 0 Å². The number of piperidine rings is 1. The second-order valence-electron chi connectivity index (χ2n) is 4.51. The van der Waals surface area contributed by atoms with Crippen molar-refractivity contribution < 1.29 is 4.79 Å². The molecular weight excluding hydrogens is 216 g/mol. The van der Waals surface area contributed by atoms with E-state index in [1.165, 1.54) is 32.4 Å². The van der Waals surface area contributed by atoms with Crippen molar-refractivity contribution in [1.82, 2.24) is 15.5 Å². The number of carbonyl (C=O) groups is 1. The fraction of sp³-hybridized carbons (Fsp3) is 0.833. The van der Waals surface area contributed by atoms with E-state index in [4.69, 9.17) is 5.26 Å². The SMILES string of the molecule is CC(CNCC(=O)NCC#N)N1CCCCC1. The largest absolute Gasteiger partial charge is 0.342 e. The monoisotopic (exact) mass is 238 g/mol. The quantitative estimate of drug-likeness (QED) is 0.644. The summed E-state index contributed by atoms with van der Waals surface area (Å²) in [5.41, 5.74) is 0. The Labute approximate surface area is 103 Å². The number of amides is 1. The highest BCUT2D eigenvalue weighted by atomic mass is 16.1. The standard InChI is InChI=1S/C12H22N4O/c1-11(16-7-3-2-4-8-16)9-14-10-12(17)15-6-5-13/h11,14H,2-4,6-10H2,1H3,(H,15,17). The van der Waals surface area contributed by atoms with Gasteiger partial charge in [0.05, 0.1) is 12.6 Å². The predicted molar refractivity (Wildman–Crippen MR) is 66.4 cm³/mol. The van der Waals surface area contributed by atoms with Gasteiger partial charge in [-0.05, 0) is 32.9 Å². The van der Waals surface area contributed by atoms with Gasteiger partial charge in [0.2, 0.25) is 5.91 Å². The molecule has 0 aromatic rings. The highest BCUT2D eigenvalue weighted by molar-refractivity contribution is 5.78. The number of nitrogens with zero attached hydrogens (tertiary/aromatic N) is 2. The van der Waals surface area contributed by atoms with Crippen molar-refractivity contribution in [2.45, 2.75) is 32.2 Å². The normalized spacial score (nSPS) is 18.4. The van der Waals surface area contributed by atoms with E-state index in [0.717, 1.165) is 6.54 Å². The van der Waals surface area contributed by atoms with E-state index in [1.54, 1.807) is 0 Å². The lowest BCUT2D eigenvalue weighted by atomic mass is 10.1. The van der Waals surface area contributed by atoms with Gasteiger partial charge >= 0.3 is 0 Å². The van der Waals surface area contributed by atoms with Gasteiger partial charge in [0.25, 0.3) is 0 Å². The van der Waals surface area contributed by atoms with Gasteiger partial charge in [-0.1, -0.05) is 6.42 Å². The zero-order valence-corrected chi connectivity index (χ0v) is 10.5. The predicted octanol–water partition coefficient (Wildman–Crippen LogP) is 0.0902. The molecule has 0 radical (unpaired) electrons. The van der Waals surface area contributed by atoms with E-state index in [1.807, 2.05) is 6.07 Å². The molecule has 1 fully saturated rings. The van der Waals surface area contributed by atoms with Crippen LogP contribution in [0.5, 0.6) is 0 Å². The molecule has 0 spiro atoms. The molecule has 1 unspecified atom stereocenters. The Morgan fingerprint density at radius 1 is 1.41 bits per heavy atom. The van der Waals surface area contributed by atoms with Crippen LogP contribution in [0.25, 0.3) is 0 Å². The summed E-state index contributed by atoms with van der Waals surface area (Å²) >= 11 is 0. The van der Waals surface area contributed by atoms with Gasteiger partial charge in [-0.15, -0.1) is 0 Å². The molecule has 1 aliphatic rings. The third-order valence-electron chi connectivity index (χ3n) is 3.10. The molecule has 1 saturated heterocycles. The minimum atomic E-state index is -0.114. The molecule has 0 saturated carbocycles. The molecule has 1 amide bonds. The maximum absolute atomic E-state index is 11.2. The van der Waals surface area contributed by atoms with Gasteiger partial charge in [-0.2, -0.15) is 5.26 Å². The van der Waals surface area contributed by atoms with E-state index in [9.17, 15) is 4.79 Å². The smallest absolute Gasteiger partial charge is 0.234 e. The Kier molecular flexibility index (Phi) is 6.60. The number of nitriles is 1. The average molecular weight is 238 g/mol. The zero-order valence-electron chi connectivity index (χ0n) is 10.5. The first-order valence-electron chi connectivity index (χ1n) is 6.32. The first-order valence-corrected chi connectivity index (χ1v) is 6.32. The van der Waals surface area contributed by atoms with Crippen LogP contribution in [0.1, 0.15) is 26.2 Å². The third-order valence-corrected chi connectivity index (χ3v) is 3.10. The molecule has 0 aromatic carbocycles. The number of hydrogen-bond acceptors (Lipinski definition) is 4. The summed E-state index contributed by atoms with van der Waals surface area (Å²) in [4.78, 5) is 13.7. The first kappa shape index (κ1) is 13.9. The van der Waals surface area contributed by atoms with E-state index in [-0.39, 0.29) is 12.5 Å². The van der Waals surface area contributed by atoms with Crippen LogP contribution in [0.15, 0.2) is 0 Å². The van der Waals surface area contributed by atoms with Crippen molar-refractivity contribution in [3.8, 4) is 6.07 Å². The Bertz CT molecular complexity index is 268. The molecule has 96 valence electrons. The highest BCUT2D eigenvalue weighted by Gasteiger charge is 2.16. The summed E-state index contributed by atoms with van der Waals surface area (Å²) in [5.74, 6) is -0.114. The summed E-state index contributed by atoms with van der Waals surface area (Å²) in [6.07, 6.45) is 3.91. The van der Waals surface area contributed by atoms with Crippen LogP contribution in [-0.2, 0) is 4.79 Å². The van der Waals surface area contributed by atoms with Gasteiger partial charge in [0.15, 0.2) is 0 Å². The van der Waals surface area contributed by atoms with Crippen LogP contribution in [-0.4, -0.2) is 49.6 Å². The Morgan fingerprint density at radius 3 is 2.76 bits per heavy atom. The molecule has 5 nitrogen and oxygen atoms in total. The van der Waals surface area contributed by atoms with Gasteiger partial charge in [0.1, 0.15) is 6.54 Å². The lowest BCUT2D eigenvalue weighted by molar-refractivity contribution is -0.120. The van der Waals surface area contributed by atoms with E-state index in [0.29, 0.717) is 12.6 Å². The molecular formula is C12H22N4O. The number of carbonyl (C=O) groups excluding carboxylic acids is 1. The summed E-state index contributed by atoms with van der Waals surface area (Å²) in [6, 6.07) is 2.35. The van der Waals surface area contributed by atoms with E-state index in [2.05, 4.69) is 22.5 Å². The van der Waals surface area contributed by atoms with Crippen molar-refractivity contribution >= 4 is 5.91 Å². The highest BCUT2D eigenvalue weighted by Crippen LogP contribution is 2.11. The molecule has 0 bridgehead atoms. The molecule has 0 aromatic heterocycles. The zero-order chi connectivity index (χ0) is 12.5. The number of rotatable bonds is 6. The van der Waals surface area contributed by atoms with Crippen LogP contribution in [0.3, 0.4) is 0 Å². The molecule has 5 heteroatoms. The van der Waals surface area contributed by atoms with Gasteiger partial charge in [-0.25, -0.2) is 0 Å². The van der Waals surface area contributed by atoms with Crippen LogP contribution in [0, 0.1) is 11.3 Å². The third kappa shape index (κ3) is 5.66. The molecule has 2 N–H and O–H groups in total. The fourth-order valence-electron chi connectivity index (χ4n) is 2.08. The van der Waals surface area contributed by atoms with Gasteiger partial charge in [0, 0.05) is 12.6 Å². The van der Waals surface area contributed by atoms with Crippen LogP contribution in [0.2, 0.25) is 0 Å². The van der Waals surface area contributed by atoms with Crippen LogP contribution >= 0.6 is 0 Å². The van der Waals surface area contributed by atoms with Gasteiger partial charge in [-0.3, -0.25) is 9.69 Å². The lowest BCUT2D eigenvalue weighted by Crippen LogP contribution is -2.45. The molecule has 0 aliphatic carbocycles. The van der Waals surface area contributed by atoms with E-state index < -0.39 is 0 Å². The van der Waals surface area contributed by atoms with Crippen molar-refractivity contribution in [2.24, 2.45) is 0 Å². The van der Waals surface area contributed by atoms with Crippen molar-refractivity contribution in [2.75, 3.05) is 32.7 Å². The number of likely N-dealkylation sites (tertiary alicyclic amines) is 1. The maximum Gasteiger partial charge on any atom is 0.234 e. The molecule has 1 aliphatic heterocycles. The summed E-state index contributed by atoms with van der Waals surface area (Å²) in [5, 5.41) is 13.9. The minimum absolute atomic E-state index is 0.0855. The molecule has 1 heterocycles. The van der Waals surface area contributed by atoms with Gasteiger partial charge < -0.3 is 10.6 Å². The Morgan fingerprint density at radius 2 is 2.12 bits per heavy atom. The average Bonchev–Trinajstić information content (AvgIpc) is 2.37. The second kappa shape index (κ2) is 8.04. The Hall–Kier alpha value is -1.12. The van der Waals surface area contributed by atoms with Crippen LogP contribution < -0.4 is 10.6 Å². The lowest BCUT2D eigenvalue weighted by Gasteiger charge is -2.32. The van der Waals surface area contributed by atoms with Crippen molar-refractivity contribution in [1.29, 1.82) is 5.26 Å². The summed E-state index contributed by atoms with van der Waals surface area (Å²) in [6.45, 7) is 5.72. The summed E-state index contributed by atoms with van der Waals surface area (Å²) < 4.78 is 0. The van der Waals surface area contributed by atoms with Crippen molar-refractivity contribution in [3.05, 3.63) is 0 Å². The fourth-order valence-corrected chi connectivity index (χ4v) is 2.08. The molecule has 1 rings (SSSR count). The second-order valence-corrected chi connectivity index (χ2v) is 4.51. The number of hydrogen-bond donors (Lipinski definition) is 2. The summed E-state index contributed by atoms with van der Waals surface area (Å²) in [7, 11) is 0.